The van der Waals surface area contributed by atoms with Gasteiger partial charge in [-0.25, -0.2) is 0 Å². The average molecular weight is 240 g/mol. The van der Waals surface area contributed by atoms with Gasteiger partial charge in [0.1, 0.15) is 0 Å². The SMILES string of the molecule is CC(C)(N)CCC(=O)NCCC1CCCCC1. The van der Waals surface area contributed by atoms with Crippen LogP contribution in [0.3, 0.4) is 0 Å². The molecule has 17 heavy (non-hydrogen) atoms. The number of carbonyl (C=O) groups excluding carboxylic acids is 1. The lowest BCUT2D eigenvalue weighted by atomic mass is 9.87. The van der Waals surface area contributed by atoms with Crippen molar-refractivity contribution in [2.24, 2.45) is 11.7 Å². The molecular weight excluding hydrogens is 212 g/mol. The van der Waals surface area contributed by atoms with E-state index in [4.69, 9.17) is 5.73 Å². The Labute approximate surface area is 106 Å². The molecule has 0 aromatic rings. The van der Waals surface area contributed by atoms with E-state index in [9.17, 15) is 4.79 Å². The molecule has 0 aromatic carbocycles. The van der Waals surface area contributed by atoms with Crippen molar-refractivity contribution in [1.29, 1.82) is 0 Å². The van der Waals surface area contributed by atoms with Crippen LogP contribution in [-0.4, -0.2) is 18.0 Å². The highest BCUT2D eigenvalue weighted by atomic mass is 16.1. The molecule has 1 rings (SSSR count). The summed E-state index contributed by atoms with van der Waals surface area (Å²) in [5.41, 5.74) is 5.61. The van der Waals surface area contributed by atoms with E-state index < -0.39 is 0 Å². The van der Waals surface area contributed by atoms with Gasteiger partial charge in [-0.05, 0) is 32.6 Å². The second kappa shape index (κ2) is 7.00. The van der Waals surface area contributed by atoms with Gasteiger partial charge in [-0.2, -0.15) is 0 Å². The monoisotopic (exact) mass is 240 g/mol. The number of carbonyl (C=O) groups is 1. The highest BCUT2D eigenvalue weighted by molar-refractivity contribution is 5.75. The standard InChI is InChI=1S/C14H28N2O/c1-14(2,15)10-8-13(17)16-11-9-12-6-4-3-5-7-12/h12H,3-11,15H2,1-2H3,(H,16,17). The first-order chi connectivity index (χ1) is 7.97. The van der Waals surface area contributed by atoms with Gasteiger partial charge in [0.15, 0.2) is 0 Å². The van der Waals surface area contributed by atoms with Crippen LogP contribution >= 0.6 is 0 Å². The molecule has 0 unspecified atom stereocenters. The largest absolute Gasteiger partial charge is 0.356 e. The van der Waals surface area contributed by atoms with Gasteiger partial charge in [0.2, 0.25) is 5.91 Å². The predicted octanol–water partition coefficient (Wildman–Crippen LogP) is 2.59. The molecule has 0 heterocycles. The molecule has 1 amide bonds. The molecule has 3 nitrogen and oxygen atoms in total. The van der Waals surface area contributed by atoms with Crippen LogP contribution in [0.5, 0.6) is 0 Å². The normalized spacial score (nSPS) is 18.1. The summed E-state index contributed by atoms with van der Waals surface area (Å²) in [5, 5.41) is 3.01. The van der Waals surface area contributed by atoms with Crippen molar-refractivity contribution < 1.29 is 4.79 Å². The minimum absolute atomic E-state index is 0.152. The first-order valence-electron chi connectivity index (χ1n) is 7.03. The Morgan fingerprint density at radius 1 is 1.29 bits per heavy atom. The maximum Gasteiger partial charge on any atom is 0.220 e. The topological polar surface area (TPSA) is 55.1 Å². The third kappa shape index (κ3) is 7.37. The van der Waals surface area contributed by atoms with Gasteiger partial charge in [0, 0.05) is 18.5 Å². The lowest BCUT2D eigenvalue weighted by Gasteiger charge is -2.21. The average Bonchev–Trinajstić information content (AvgIpc) is 2.27. The molecule has 0 saturated heterocycles. The molecule has 1 saturated carbocycles. The Hall–Kier alpha value is -0.570. The van der Waals surface area contributed by atoms with Crippen molar-refractivity contribution in [3.8, 4) is 0 Å². The molecule has 3 heteroatoms. The summed E-state index contributed by atoms with van der Waals surface area (Å²) in [6.45, 7) is 4.76. The van der Waals surface area contributed by atoms with Crippen molar-refractivity contribution in [2.75, 3.05) is 6.54 Å². The molecule has 0 aliphatic heterocycles. The van der Waals surface area contributed by atoms with Gasteiger partial charge in [0.05, 0.1) is 0 Å². The van der Waals surface area contributed by atoms with E-state index in [0.29, 0.717) is 6.42 Å². The zero-order valence-corrected chi connectivity index (χ0v) is 11.4. The van der Waals surface area contributed by atoms with Crippen LogP contribution in [0.4, 0.5) is 0 Å². The van der Waals surface area contributed by atoms with Gasteiger partial charge < -0.3 is 11.1 Å². The molecule has 0 atom stereocenters. The fourth-order valence-electron chi connectivity index (χ4n) is 2.42. The smallest absolute Gasteiger partial charge is 0.220 e. The van der Waals surface area contributed by atoms with E-state index in [1.54, 1.807) is 0 Å². The predicted molar refractivity (Wildman–Crippen MR) is 71.7 cm³/mol. The fourth-order valence-corrected chi connectivity index (χ4v) is 2.42. The van der Waals surface area contributed by atoms with Crippen molar-refractivity contribution in [2.45, 2.75) is 70.8 Å². The maximum atomic E-state index is 11.6. The number of rotatable bonds is 6. The van der Waals surface area contributed by atoms with Gasteiger partial charge in [-0.1, -0.05) is 32.1 Å². The molecule has 3 N–H and O–H groups in total. The quantitative estimate of drug-likeness (QED) is 0.750. The molecule has 1 aliphatic rings. The highest BCUT2D eigenvalue weighted by Crippen LogP contribution is 2.25. The lowest BCUT2D eigenvalue weighted by molar-refractivity contribution is -0.121. The summed E-state index contributed by atoms with van der Waals surface area (Å²) in [7, 11) is 0. The maximum absolute atomic E-state index is 11.6. The number of nitrogens with one attached hydrogen (secondary N) is 1. The van der Waals surface area contributed by atoms with Crippen molar-refractivity contribution >= 4 is 5.91 Å². The fraction of sp³-hybridized carbons (Fsp3) is 0.929. The molecule has 0 bridgehead atoms. The van der Waals surface area contributed by atoms with Gasteiger partial charge in [-0.3, -0.25) is 4.79 Å². The first-order valence-corrected chi connectivity index (χ1v) is 7.03. The molecule has 1 aliphatic carbocycles. The Morgan fingerprint density at radius 3 is 2.53 bits per heavy atom. The molecule has 0 aromatic heterocycles. The van der Waals surface area contributed by atoms with E-state index in [2.05, 4.69) is 5.32 Å². The summed E-state index contributed by atoms with van der Waals surface area (Å²) < 4.78 is 0. The number of nitrogens with two attached hydrogens (primary N) is 1. The van der Waals surface area contributed by atoms with Crippen molar-refractivity contribution in [3.05, 3.63) is 0 Å². The van der Waals surface area contributed by atoms with Crippen LogP contribution in [-0.2, 0) is 4.79 Å². The second-order valence-electron chi connectivity index (χ2n) is 6.13. The van der Waals surface area contributed by atoms with E-state index in [-0.39, 0.29) is 11.4 Å². The van der Waals surface area contributed by atoms with Crippen LogP contribution in [0.1, 0.15) is 65.2 Å². The van der Waals surface area contributed by atoms with Crippen LogP contribution in [0.2, 0.25) is 0 Å². The number of hydrogen-bond acceptors (Lipinski definition) is 2. The van der Waals surface area contributed by atoms with Crippen LogP contribution in [0.15, 0.2) is 0 Å². The summed E-state index contributed by atoms with van der Waals surface area (Å²) in [6, 6.07) is 0. The summed E-state index contributed by atoms with van der Waals surface area (Å²) >= 11 is 0. The summed E-state index contributed by atoms with van der Waals surface area (Å²) in [4.78, 5) is 11.6. The van der Waals surface area contributed by atoms with Gasteiger partial charge in [0.25, 0.3) is 0 Å². The first kappa shape index (κ1) is 14.5. The number of hydrogen-bond donors (Lipinski definition) is 2. The van der Waals surface area contributed by atoms with Crippen molar-refractivity contribution in [1.82, 2.24) is 5.32 Å². The van der Waals surface area contributed by atoms with E-state index >= 15 is 0 Å². The lowest BCUT2D eigenvalue weighted by Crippen LogP contribution is -2.34. The zero-order valence-electron chi connectivity index (χ0n) is 11.4. The van der Waals surface area contributed by atoms with E-state index in [1.807, 2.05) is 13.8 Å². The van der Waals surface area contributed by atoms with E-state index in [1.165, 1.54) is 32.1 Å². The Morgan fingerprint density at radius 2 is 1.94 bits per heavy atom. The third-order valence-electron chi connectivity index (χ3n) is 3.60. The number of amides is 1. The summed E-state index contributed by atoms with van der Waals surface area (Å²) in [6.07, 6.45) is 9.31. The minimum atomic E-state index is -0.235. The highest BCUT2D eigenvalue weighted by Gasteiger charge is 2.15. The van der Waals surface area contributed by atoms with Crippen molar-refractivity contribution in [3.63, 3.8) is 0 Å². The molecular formula is C14H28N2O. The third-order valence-corrected chi connectivity index (χ3v) is 3.60. The summed E-state index contributed by atoms with van der Waals surface area (Å²) in [5.74, 6) is 0.995. The van der Waals surface area contributed by atoms with Gasteiger partial charge in [-0.15, -0.1) is 0 Å². The molecule has 0 radical (unpaired) electrons. The molecule has 1 fully saturated rings. The van der Waals surface area contributed by atoms with Gasteiger partial charge >= 0.3 is 0 Å². The van der Waals surface area contributed by atoms with E-state index in [0.717, 1.165) is 25.3 Å². The second-order valence-corrected chi connectivity index (χ2v) is 6.13. The minimum Gasteiger partial charge on any atom is -0.356 e. The molecule has 100 valence electrons. The Balaban J connectivity index is 2.03. The Kier molecular flexibility index (Phi) is 5.96. The van der Waals surface area contributed by atoms with Crippen LogP contribution in [0.25, 0.3) is 0 Å². The zero-order chi connectivity index (χ0) is 12.7. The Bertz CT molecular complexity index is 227. The van der Waals surface area contributed by atoms with Crippen LogP contribution in [0, 0.1) is 5.92 Å². The molecule has 0 spiro atoms. The van der Waals surface area contributed by atoms with Crippen LogP contribution < -0.4 is 11.1 Å².